The van der Waals surface area contributed by atoms with Crippen molar-refractivity contribution in [1.29, 1.82) is 0 Å². The summed E-state index contributed by atoms with van der Waals surface area (Å²) >= 11 is 0. The minimum absolute atomic E-state index is 0. The number of ether oxygens (including phenoxy) is 1. The molecule has 2 heteroatoms. The Balaban J connectivity index is 0.0000000900. The molecule has 1 nitrogen and oxygen atoms in total. The zero-order valence-corrected chi connectivity index (χ0v) is 3.61. The molecule has 0 N–H and O–H groups in total. The molecule has 0 bridgehead atoms. The van der Waals surface area contributed by atoms with Crippen LogP contribution in [0.3, 0.4) is 0 Å². The second-order valence-corrected chi connectivity index (χ2v) is 0.612. The average molecular weight is 152 g/mol. The SMILES string of the molecule is C1CO1.[Ag]. The molecule has 0 saturated carbocycles. The van der Waals surface area contributed by atoms with Crippen molar-refractivity contribution in [3.8, 4) is 0 Å². The van der Waals surface area contributed by atoms with Crippen LogP contribution < -0.4 is 0 Å². The summed E-state index contributed by atoms with van der Waals surface area (Å²) in [6.45, 7) is 2.00. The summed E-state index contributed by atoms with van der Waals surface area (Å²) in [6.07, 6.45) is 0. The van der Waals surface area contributed by atoms with Crippen molar-refractivity contribution < 1.29 is 27.1 Å². The molecule has 29 valence electrons. The first-order chi connectivity index (χ1) is 1.50. The van der Waals surface area contributed by atoms with Gasteiger partial charge in [0.15, 0.2) is 0 Å². The van der Waals surface area contributed by atoms with Gasteiger partial charge in [-0.15, -0.1) is 0 Å². The summed E-state index contributed by atoms with van der Waals surface area (Å²) in [5.41, 5.74) is 0. The van der Waals surface area contributed by atoms with Crippen LogP contribution >= 0.6 is 0 Å². The van der Waals surface area contributed by atoms with E-state index in [-0.39, 0.29) is 22.4 Å². The Labute approximate surface area is 40.8 Å². The zero-order chi connectivity index (χ0) is 2.12. The Morgan fingerprint density at radius 1 is 1.25 bits per heavy atom. The molecule has 1 fully saturated rings. The average Bonchev–Trinajstić information content (AvgIpc) is 1.46. The third-order valence-electron chi connectivity index (χ3n) is 0.204. The molecule has 0 unspecified atom stereocenters. The van der Waals surface area contributed by atoms with Crippen molar-refractivity contribution in [1.82, 2.24) is 0 Å². The van der Waals surface area contributed by atoms with Gasteiger partial charge in [0.25, 0.3) is 0 Å². The van der Waals surface area contributed by atoms with Gasteiger partial charge in [-0.05, 0) is 0 Å². The molecule has 4 heavy (non-hydrogen) atoms. The molecule has 1 aliphatic heterocycles. The van der Waals surface area contributed by atoms with Crippen LogP contribution in [0, 0.1) is 0 Å². The van der Waals surface area contributed by atoms with Gasteiger partial charge in [-0.2, -0.15) is 0 Å². The number of epoxide rings is 1. The van der Waals surface area contributed by atoms with E-state index in [9.17, 15) is 0 Å². The fourth-order valence-corrected chi connectivity index (χ4v) is 0. The van der Waals surface area contributed by atoms with Gasteiger partial charge in [-0.25, -0.2) is 0 Å². The van der Waals surface area contributed by atoms with Gasteiger partial charge in [0.1, 0.15) is 0 Å². The van der Waals surface area contributed by atoms with Crippen molar-refractivity contribution in [2.24, 2.45) is 0 Å². The molecule has 0 aliphatic carbocycles. The van der Waals surface area contributed by atoms with Crippen LogP contribution in [-0.4, -0.2) is 13.2 Å². The molecule has 1 heterocycles. The Morgan fingerprint density at radius 3 is 1.50 bits per heavy atom. The summed E-state index contributed by atoms with van der Waals surface area (Å²) in [6, 6.07) is 0. The molecule has 1 saturated heterocycles. The summed E-state index contributed by atoms with van der Waals surface area (Å²) in [5.74, 6) is 0. The molecule has 1 rings (SSSR count). The topological polar surface area (TPSA) is 12.5 Å². The van der Waals surface area contributed by atoms with Gasteiger partial charge in [0.2, 0.25) is 0 Å². The third-order valence-corrected chi connectivity index (χ3v) is 0.204. The number of hydrogen-bond acceptors (Lipinski definition) is 1. The van der Waals surface area contributed by atoms with E-state index in [1.165, 1.54) is 0 Å². The van der Waals surface area contributed by atoms with E-state index in [2.05, 4.69) is 4.74 Å². The normalized spacial score (nSPS) is 18.0. The van der Waals surface area contributed by atoms with Crippen molar-refractivity contribution in [2.75, 3.05) is 13.2 Å². The smallest absolute Gasteiger partial charge is 0.0701 e. The molecule has 1 radical (unpaired) electrons. The van der Waals surface area contributed by atoms with Crippen LogP contribution in [0.5, 0.6) is 0 Å². The van der Waals surface area contributed by atoms with E-state index >= 15 is 0 Å². The van der Waals surface area contributed by atoms with Crippen LogP contribution in [0.25, 0.3) is 0 Å². The molecule has 1 aliphatic rings. The Bertz CT molecular complexity index is 10.8. The van der Waals surface area contributed by atoms with Crippen molar-refractivity contribution in [2.45, 2.75) is 0 Å². The van der Waals surface area contributed by atoms with Gasteiger partial charge >= 0.3 is 0 Å². The first kappa shape index (κ1) is 4.70. The maximum atomic E-state index is 4.50. The predicted octanol–water partition coefficient (Wildman–Crippen LogP) is 0.0141. The van der Waals surface area contributed by atoms with Crippen LogP contribution in [0.1, 0.15) is 0 Å². The molecule has 0 aromatic heterocycles. The Kier molecular flexibility index (Phi) is 2.32. The largest absolute Gasteiger partial charge is 0.377 e. The van der Waals surface area contributed by atoms with Crippen LogP contribution in [-0.2, 0) is 27.1 Å². The first-order valence-electron chi connectivity index (χ1n) is 1.08. The van der Waals surface area contributed by atoms with E-state index < -0.39 is 0 Å². The molecule has 0 aromatic rings. The monoisotopic (exact) mass is 151 g/mol. The van der Waals surface area contributed by atoms with Crippen molar-refractivity contribution >= 4 is 0 Å². The van der Waals surface area contributed by atoms with E-state index in [0.29, 0.717) is 0 Å². The molecular formula is C2H4AgO. The number of rotatable bonds is 0. The summed E-state index contributed by atoms with van der Waals surface area (Å²) in [5, 5.41) is 0. The summed E-state index contributed by atoms with van der Waals surface area (Å²) < 4.78 is 4.50. The Morgan fingerprint density at radius 2 is 1.50 bits per heavy atom. The van der Waals surface area contributed by atoms with E-state index in [4.69, 9.17) is 0 Å². The predicted molar refractivity (Wildman–Crippen MR) is 10.8 cm³/mol. The van der Waals surface area contributed by atoms with Crippen LogP contribution in [0.15, 0.2) is 0 Å². The second kappa shape index (κ2) is 1.97. The molecule has 0 spiro atoms. The van der Waals surface area contributed by atoms with Gasteiger partial charge in [-0.1, -0.05) is 0 Å². The van der Waals surface area contributed by atoms with Gasteiger partial charge in [0.05, 0.1) is 13.2 Å². The fourth-order valence-electron chi connectivity index (χ4n) is 0. The van der Waals surface area contributed by atoms with E-state index in [1.807, 2.05) is 0 Å². The van der Waals surface area contributed by atoms with Crippen LogP contribution in [0.4, 0.5) is 0 Å². The Hall–Kier alpha value is 0.700. The van der Waals surface area contributed by atoms with Gasteiger partial charge < -0.3 is 4.74 Å². The summed E-state index contributed by atoms with van der Waals surface area (Å²) in [4.78, 5) is 0. The van der Waals surface area contributed by atoms with Crippen molar-refractivity contribution in [3.63, 3.8) is 0 Å². The maximum Gasteiger partial charge on any atom is 0.0701 e. The summed E-state index contributed by atoms with van der Waals surface area (Å²) in [7, 11) is 0. The van der Waals surface area contributed by atoms with Crippen molar-refractivity contribution in [3.05, 3.63) is 0 Å². The zero-order valence-electron chi connectivity index (χ0n) is 2.12. The number of hydrogen-bond donors (Lipinski definition) is 0. The molecular weight excluding hydrogens is 148 g/mol. The minimum atomic E-state index is 0. The maximum absolute atomic E-state index is 4.50. The fraction of sp³-hybridized carbons (Fsp3) is 1.00. The molecule has 0 aromatic carbocycles. The van der Waals surface area contributed by atoms with Crippen LogP contribution in [0.2, 0.25) is 0 Å². The van der Waals surface area contributed by atoms with E-state index in [1.54, 1.807) is 0 Å². The quantitative estimate of drug-likeness (QED) is 0.352. The molecule has 0 atom stereocenters. The van der Waals surface area contributed by atoms with Gasteiger partial charge in [0, 0.05) is 22.4 Å². The van der Waals surface area contributed by atoms with E-state index in [0.717, 1.165) is 13.2 Å². The minimum Gasteiger partial charge on any atom is -0.377 e. The third kappa shape index (κ3) is 2.70. The first-order valence-corrected chi connectivity index (χ1v) is 1.08. The van der Waals surface area contributed by atoms with Gasteiger partial charge in [-0.3, -0.25) is 0 Å². The standard InChI is InChI=1S/C2H4O.Ag/c1-2-3-1;/h1-2H2;. The second-order valence-electron chi connectivity index (χ2n) is 0.612. The molecule has 0 amide bonds.